The topological polar surface area (TPSA) is 27.7 Å². The molecule has 0 radical (unpaired) electrons. The molecule has 0 aromatic rings. The fraction of sp³-hybridized carbons (Fsp3) is 1.00. The second-order valence-electron chi connectivity index (χ2n) is 10.1. The summed E-state index contributed by atoms with van der Waals surface area (Å²) >= 11 is 0. The molecule has 0 heterocycles. The van der Waals surface area contributed by atoms with E-state index in [0.29, 0.717) is 19.8 Å². The smallest absolute Gasteiger partial charge is 0.501 e. The van der Waals surface area contributed by atoms with Crippen molar-refractivity contribution in [1.29, 1.82) is 0 Å². The van der Waals surface area contributed by atoms with Crippen molar-refractivity contribution in [2.75, 3.05) is 47.0 Å². The third kappa shape index (κ3) is 21.8. The highest BCUT2D eigenvalue weighted by molar-refractivity contribution is 6.60. The Morgan fingerprint density at radius 3 is 1.18 bits per heavy atom. The van der Waals surface area contributed by atoms with Gasteiger partial charge in [0.05, 0.1) is 27.2 Å². The maximum absolute atomic E-state index is 6.00. The highest BCUT2D eigenvalue weighted by atomic mass is 127. The predicted octanol–water partition coefficient (Wildman–Crippen LogP) is 4.99. The van der Waals surface area contributed by atoms with Crippen LogP contribution in [0.25, 0.3) is 0 Å². The van der Waals surface area contributed by atoms with Crippen LogP contribution in [0.4, 0.5) is 0 Å². The van der Waals surface area contributed by atoms with Crippen molar-refractivity contribution in [3.8, 4) is 0 Å². The Balaban J connectivity index is 0. The Labute approximate surface area is 226 Å². The molecule has 0 rings (SSSR count). The third-order valence-corrected chi connectivity index (χ3v) is 9.61. The summed E-state index contributed by atoms with van der Waals surface area (Å²) in [6, 6.07) is 0.933. The van der Waals surface area contributed by atoms with Gasteiger partial charge in [0, 0.05) is 32.3 Å². The molecule has 0 unspecified atom stereocenters. The number of halogens is 1. The van der Waals surface area contributed by atoms with Crippen molar-refractivity contribution in [1.82, 2.24) is 0 Å². The van der Waals surface area contributed by atoms with E-state index in [-0.39, 0.29) is 24.0 Å². The van der Waals surface area contributed by atoms with Crippen LogP contribution in [0.1, 0.15) is 124 Å². The van der Waals surface area contributed by atoms with Crippen molar-refractivity contribution in [3.05, 3.63) is 0 Å². The summed E-state index contributed by atoms with van der Waals surface area (Å²) in [5, 5.41) is 0. The van der Waals surface area contributed by atoms with Gasteiger partial charge in [0.15, 0.2) is 0 Å². The molecule has 6 heteroatoms. The first-order valence-electron chi connectivity index (χ1n) is 14.2. The number of hydrogen-bond donors (Lipinski definition) is 0. The van der Waals surface area contributed by atoms with Crippen LogP contribution in [-0.4, -0.2) is 60.3 Å². The number of quaternary nitrogens is 1. The zero-order valence-corrected chi connectivity index (χ0v) is 26.6. The summed E-state index contributed by atoms with van der Waals surface area (Å²) in [7, 11) is 2.26. The van der Waals surface area contributed by atoms with Gasteiger partial charge in [-0.1, -0.05) is 84.0 Å². The number of nitrogens with zero attached hydrogens (tertiary/aromatic N) is 1. The third-order valence-electron chi connectivity index (χ3n) is 6.46. The molecule has 202 valence electrons. The van der Waals surface area contributed by atoms with Crippen LogP contribution in [0.3, 0.4) is 0 Å². The molecule has 0 aliphatic rings. The second kappa shape index (κ2) is 24.5. The Kier molecular flexibility index (Phi) is 26.7. The van der Waals surface area contributed by atoms with E-state index in [1.807, 2.05) is 20.8 Å². The minimum Gasteiger partial charge on any atom is -1.00 e. The van der Waals surface area contributed by atoms with Gasteiger partial charge in [0.2, 0.25) is 0 Å². The minimum absolute atomic E-state index is 0. The lowest BCUT2D eigenvalue weighted by molar-refractivity contribution is -0.890. The fourth-order valence-corrected chi connectivity index (χ4v) is 7.16. The first kappa shape index (κ1) is 35.9. The van der Waals surface area contributed by atoms with Crippen molar-refractivity contribution in [3.63, 3.8) is 0 Å². The van der Waals surface area contributed by atoms with E-state index in [0.717, 1.165) is 16.9 Å². The Morgan fingerprint density at radius 2 is 0.818 bits per heavy atom. The first-order valence-corrected chi connectivity index (χ1v) is 16.1. The average molecular weight is 602 g/mol. The summed E-state index contributed by atoms with van der Waals surface area (Å²) in [6.07, 6.45) is 21.1. The summed E-state index contributed by atoms with van der Waals surface area (Å²) in [6.45, 7) is 12.9. The van der Waals surface area contributed by atoms with Crippen LogP contribution in [0.15, 0.2) is 0 Å². The molecule has 0 atom stereocenters. The molecule has 0 amide bonds. The quantitative estimate of drug-likeness (QED) is 0.0639. The van der Waals surface area contributed by atoms with Crippen LogP contribution in [0.2, 0.25) is 6.04 Å². The number of unbranched alkanes of at least 4 members (excludes halogenated alkanes) is 13. The highest BCUT2D eigenvalue weighted by Crippen LogP contribution is 2.20. The zero-order valence-electron chi connectivity index (χ0n) is 23.4. The number of rotatable bonds is 25. The molecule has 0 aliphatic heterocycles. The molecule has 0 aliphatic carbocycles. The second-order valence-corrected chi connectivity index (χ2v) is 12.8. The SMILES string of the molecule is CCCCCCCCCCCCCCCC[N+](C)(C)CCC[Si](OCC)(OCC)OCC.[I-]. The molecule has 33 heavy (non-hydrogen) atoms. The van der Waals surface area contributed by atoms with Crippen LogP contribution in [0.5, 0.6) is 0 Å². The van der Waals surface area contributed by atoms with Gasteiger partial charge in [-0.25, -0.2) is 0 Å². The van der Waals surface area contributed by atoms with Gasteiger partial charge < -0.3 is 41.7 Å². The first-order chi connectivity index (χ1) is 15.4. The van der Waals surface area contributed by atoms with Gasteiger partial charge in [0.1, 0.15) is 0 Å². The Hall–Kier alpha value is 0.787. The molecule has 0 aromatic heterocycles. The molecule has 0 saturated heterocycles. The van der Waals surface area contributed by atoms with Crippen molar-refractivity contribution < 1.29 is 41.7 Å². The summed E-state index contributed by atoms with van der Waals surface area (Å²) in [4.78, 5) is 0. The summed E-state index contributed by atoms with van der Waals surface area (Å²) < 4.78 is 19.1. The lowest BCUT2D eigenvalue weighted by Crippen LogP contribution is -3.00. The maximum Gasteiger partial charge on any atom is 0.501 e. The van der Waals surface area contributed by atoms with E-state index in [1.165, 1.54) is 103 Å². The largest absolute Gasteiger partial charge is 1.00 e. The zero-order chi connectivity index (χ0) is 24.0. The summed E-state index contributed by atoms with van der Waals surface area (Å²) in [5.74, 6) is 0. The molecule has 4 nitrogen and oxygen atoms in total. The molecular weight excluding hydrogens is 541 g/mol. The van der Waals surface area contributed by atoms with Crippen LogP contribution in [0, 0.1) is 0 Å². The maximum atomic E-state index is 6.00. The molecule has 0 fully saturated rings. The molecule has 0 saturated carbocycles. The van der Waals surface area contributed by atoms with Crippen LogP contribution in [-0.2, 0) is 13.3 Å². The predicted molar refractivity (Wildman–Crippen MR) is 142 cm³/mol. The molecule has 0 bridgehead atoms. The summed E-state index contributed by atoms with van der Waals surface area (Å²) in [5.41, 5.74) is 0. The molecule has 0 spiro atoms. The van der Waals surface area contributed by atoms with Gasteiger partial charge in [-0.05, 0) is 33.6 Å². The van der Waals surface area contributed by atoms with Crippen molar-refractivity contribution in [2.24, 2.45) is 0 Å². The lowest BCUT2D eigenvalue weighted by atomic mass is 10.0. The Morgan fingerprint density at radius 1 is 0.485 bits per heavy atom. The van der Waals surface area contributed by atoms with E-state index >= 15 is 0 Å². The monoisotopic (exact) mass is 601 g/mol. The molecule has 0 N–H and O–H groups in total. The van der Waals surface area contributed by atoms with Crippen LogP contribution < -0.4 is 24.0 Å². The fourth-order valence-electron chi connectivity index (χ4n) is 4.57. The molecule has 0 aromatic carbocycles. The van der Waals surface area contributed by atoms with Crippen molar-refractivity contribution >= 4 is 8.80 Å². The van der Waals surface area contributed by atoms with Crippen LogP contribution >= 0.6 is 0 Å². The van der Waals surface area contributed by atoms with E-state index in [4.69, 9.17) is 13.3 Å². The van der Waals surface area contributed by atoms with E-state index in [9.17, 15) is 0 Å². The minimum atomic E-state index is -2.48. The van der Waals surface area contributed by atoms with Gasteiger partial charge in [-0.3, -0.25) is 0 Å². The van der Waals surface area contributed by atoms with E-state index in [2.05, 4.69) is 21.0 Å². The highest BCUT2D eigenvalue weighted by Gasteiger charge is 2.40. The van der Waals surface area contributed by atoms with Gasteiger partial charge >= 0.3 is 8.80 Å². The normalized spacial score (nSPS) is 12.2. The Bertz CT molecular complexity index is 383. The van der Waals surface area contributed by atoms with Gasteiger partial charge in [-0.15, -0.1) is 0 Å². The number of hydrogen-bond acceptors (Lipinski definition) is 3. The lowest BCUT2D eigenvalue weighted by Gasteiger charge is -2.32. The van der Waals surface area contributed by atoms with E-state index < -0.39 is 8.80 Å². The average Bonchev–Trinajstić information content (AvgIpc) is 2.74. The molecular formula is C27H60INO3Si. The van der Waals surface area contributed by atoms with Gasteiger partial charge in [0.25, 0.3) is 0 Å². The van der Waals surface area contributed by atoms with Gasteiger partial charge in [-0.2, -0.15) is 0 Å². The van der Waals surface area contributed by atoms with E-state index in [1.54, 1.807) is 0 Å². The van der Waals surface area contributed by atoms with Crippen molar-refractivity contribution in [2.45, 2.75) is 130 Å². The standard InChI is InChI=1S/C27H60NO3Si.HI/c1-7-11-12-13-14-15-16-17-18-19-20-21-22-23-25-28(5,6)26-24-27-32(29-8-2,30-9-3)31-10-4;/h7-27H2,1-6H3;1H/q+1;/p-1.